The van der Waals surface area contributed by atoms with Gasteiger partial charge < -0.3 is 4.74 Å². The number of ether oxygens (including phenoxy) is 1. The van der Waals surface area contributed by atoms with E-state index in [4.69, 9.17) is 4.74 Å². The molecule has 1 nitrogen and oxygen atoms in total. The SMILES string of the molecule is COc1cc(Bc2c(F)ccc(C)c2F)c(F)cc1F. The Morgan fingerprint density at radius 1 is 0.950 bits per heavy atom. The van der Waals surface area contributed by atoms with E-state index >= 15 is 0 Å². The molecular weight excluding hydrogens is 271 g/mol. The monoisotopic (exact) mass is 282 g/mol. The molecule has 0 radical (unpaired) electrons. The summed E-state index contributed by atoms with van der Waals surface area (Å²) < 4.78 is 59.2. The van der Waals surface area contributed by atoms with E-state index in [1.54, 1.807) is 0 Å². The molecule has 20 heavy (non-hydrogen) atoms. The minimum Gasteiger partial charge on any atom is -0.494 e. The lowest BCUT2D eigenvalue weighted by atomic mass is 9.63. The van der Waals surface area contributed by atoms with Gasteiger partial charge in [-0.3, -0.25) is 0 Å². The first-order valence-corrected chi connectivity index (χ1v) is 5.89. The fraction of sp³-hybridized carbons (Fsp3) is 0.143. The minimum atomic E-state index is -0.872. The lowest BCUT2D eigenvalue weighted by Gasteiger charge is -2.09. The summed E-state index contributed by atoms with van der Waals surface area (Å²) in [6.07, 6.45) is 0. The van der Waals surface area contributed by atoms with Gasteiger partial charge in [0.05, 0.1) is 7.11 Å². The van der Waals surface area contributed by atoms with Crippen LogP contribution in [-0.4, -0.2) is 14.4 Å². The predicted molar refractivity (Wildman–Crippen MR) is 70.4 cm³/mol. The quantitative estimate of drug-likeness (QED) is 0.617. The Labute approximate surface area is 114 Å². The highest BCUT2D eigenvalue weighted by atomic mass is 19.1. The van der Waals surface area contributed by atoms with Crippen LogP contribution in [0.4, 0.5) is 17.6 Å². The molecule has 0 bridgehead atoms. The number of halogens is 4. The molecule has 0 fully saturated rings. The number of methoxy groups -OCH3 is 1. The van der Waals surface area contributed by atoms with Gasteiger partial charge in [0, 0.05) is 6.07 Å². The van der Waals surface area contributed by atoms with Gasteiger partial charge in [0.15, 0.2) is 11.6 Å². The Morgan fingerprint density at radius 3 is 2.30 bits per heavy atom. The maximum Gasteiger partial charge on any atom is 0.204 e. The largest absolute Gasteiger partial charge is 0.494 e. The Morgan fingerprint density at radius 2 is 1.65 bits per heavy atom. The van der Waals surface area contributed by atoms with Crippen molar-refractivity contribution in [3.8, 4) is 5.75 Å². The van der Waals surface area contributed by atoms with Crippen molar-refractivity contribution in [2.24, 2.45) is 0 Å². The summed E-state index contributed by atoms with van der Waals surface area (Å²) in [4.78, 5) is 0. The standard InChI is InChI=1S/C14H11BF4O/c1-7-3-4-9(16)13(14(7)19)15-8-5-12(20-2)11(18)6-10(8)17/h3-6,15H,1-2H3. The van der Waals surface area contributed by atoms with Gasteiger partial charge in [0.1, 0.15) is 17.5 Å². The third-order valence-corrected chi connectivity index (χ3v) is 3.07. The van der Waals surface area contributed by atoms with Crippen LogP contribution in [0.25, 0.3) is 0 Å². The average Bonchev–Trinajstić information content (AvgIpc) is 2.41. The first kappa shape index (κ1) is 14.4. The van der Waals surface area contributed by atoms with Crippen LogP contribution in [0.1, 0.15) is 5.56 Å². The first-order chi connectivity index (χ1) is 9.43. The van der Waals surface area contributed by atoms with Crippen LogP contribution in [0.2, 0.25) is 0 Å². The Balaban J connectivity index is 2.48. The van der Waals surface area contributed by atoms with Gasteiger partial charge in [-0.25, -0.2) is 17.6 Å². The third kappa shape index (κ3) is 2.64. The van der Waals surface area contributed by atoms with Crippen LogP contribution in [0.3, 0.4) is 0 Å². The zero-order valence-electron chi connectivity index (χ0n) is 10.9. The van der Waals surface area contributed by atoms with Crippen LogP contribution < -0.4 is 15.7 Å². The van der Waals surface area contributed by atoms with Gasteiger partial charge in [-0.2, -0.15) is 0 Å². The fourth-order valence-electron chi connectivity index (χ4n) is 1.93. The molecule has 2 rings (SSSR count). The summed E-state index contributed by atoms with van der Waals surface area (Å²) in [6.45, 7) is 1.49. The zero-order valence-corrected chi connectivity index (χ0v) is 10.9. The molecule has 2 aromatic carbocycles. The number of rotatable bonds is 3. The fourth-order valence-corrected chi connectivity index (χ4v) is 1.93. The highest BCUT2D eigenvalue weighted by Gasteiger charge is 2.18. The van der Waals surface area contributed by atoms with Gasteiger partial charge in [0.2, 0.25) is 7.28 Å². The molecule has 0 heterocycles. The van der Waals surface area contributed by atoms with Crippen LogP contribution in [-0.2, 0) is 0 Å². The molecule has 0 amide bonds. The van der Waals surface area contributed by atoms with Gasteiger partial charge >= 0.3 is 0 Å². The van der Waals surface area contributed by atoms with Gasteiger partial charge in [-0.15, -0.1) is 0 Å². The van der Waals surface area contributed by atoms with Gasteiger partial charge in [-0.1, -0.05) is 6.07 Å². The van der Waals surface area contributed by atoms with E-state index in [-0.39, 0.29) is 29.5 Å². The summed E-state index contributed by atoms with van der Waals surface area (Å²) in [5.41, 5.74) is -0.0277. The number of hydrogen-bond donors (Lipinski definition) is 0. The molecular formula is C14H11BF4O. The lowest BCUT2D eigenvalue weighted by Crippen LogP contribution is -2.35. The van der Waals surface area contributed by atoms with Crippen molar-refractivity contribution in [2.75, 3.05) is 7.11 Å². The second-order valence-electron chi connectivity index (χ2n) is 4.41. The number of benzene rings is 2. The van der Waals surface area contributed by atoms with Crippen LogP contribution in [0, 0.1) is 30.2 Å². The van der Waals surface area contributed by atoms with E-state index in [0.717, 1.165) is 12.1 Å². The maximum absolute atomic E-state index is 13.9. The maximum atomic E-state index is 13.9. The Hall–Kier alpha value is -1.98. The summed E-state index contributed by atoms with van der Waals surface area (Å²) in [7, 11) is 0.912. The zero-order chi connectivity index (χ0) is 14.9. The molecule has 2 aromatic rings. The molecule has 0 spiro atoms. The van der Waals surface area contributed by atoms with Crippen molar-refractivity contribution >= 4 is 18.2 Å². The van der Waals surface area contributed by atoms with Crippen molar-refractivity contribution in [3.63, 3.8) is 0 Å². The molecule has 0 atom stereocenters. The first-order valence-electron chi connectivity index (χ1n) is 5.89. The van der Waals surface area contributed by atoms with Crippen molar-refractivity contribution in [1.82, 2.24) is 0 Å². The van der Waals surface area contributed by atoms with Crippen molar-refractivity contribution < 1.29 is 22.3 Å². The molecule has 0 saturated heterocycles. The molecule has 0 aliphatic carbocycles. The Bertz CT molecular complexity index is 658. The summed E-state index contributed by atoms with van der Waals surface area (Å²) >= 11 is 0. The predicted octanol–water partition coefficient (Wildman–Crippen LogP) is 1.95. The van der Waals surface area contributed by atoms with Crippen LogP contribution in [0.15, 0.2) is 24.3 Å². The van der Waals surface area contributed by atoms with Gasteiger partial charge in [0.25, 0.3) is 0 Å². The van der Waals surface area contributed by atoms with Crippen molar-refractivity contribution in [1.29, 1.82) is 0 Å². The van der Waals surface area contributed by atoms with E-state index in [1.165, 1.54) is 20.1 Å². The summed E-state index contributed by atoms with van der Waals surface area (Å²) in [6, 6.07) is 4.16. The van der Waals surface area contributed by atoms with Crippen molar-refractivity contribution in [3.05, 3.63) is 53.1 Å². The molecule has 6 heteroatoms. The van der Waals surface area contributed by atoms with E-state index in [1.807, 2.05) is 0 Å². The third-order valence-electron chi connectivity index (χ3n) is 3.07. The highest BCUT2D eigenvalue weighted by Crippen LogP contribution is 2.15. The van der Waals surface area contributed by atoms with E-state index in [0.29, 0.717) is 6.07 Å². The van der Waals surface area contributed by atoms with Crippen molar-refractivity contribution in [2.45, 2.75) is 6.92 Å². The van der Waals surface area contributed by atoms with Gasteiger partial charge in [-0.05, 0) is 35.5 Å². The van der Waals surface area contributed by atoms with E-state index < -0.39 is 23.3 Å². The molecule has 0 N–H and O–H groups in total. The minimum absolute atomic E-state index is 0.0355. The molecule has 104 valence electrons. The van der Waals surface area contributed by atoms with Crippen LogP contribution >= 0.6 is 0 Å². The molecule has 0 aliphatic rings. The van der Waals surface area contributed by atoms with E-state index in [2.05, 4.69) is 0 Å². The molecule has 0 aliphatic heterocycles. The smallest absolute Gasteiger partial charge is 0.204 e. The second kappa shape index (κ2) is 5.57. The van der Waals surface area contributed by atoms with Crippen LogP contribution in [0.5, 0.6) is 5.75 Å². The number of aryl methyl sites for hydroxylation is 1. The second-order valence-corrected chi connectivity index (χ2v) is 4.41. The molecule has 0 saturated carbocycles. The summed E-state index contributed by atoms with van der Waals surface area (Å²) in [5.74, 6) is -3.40. The average molecular weight is 282 g/mol. The highest BCUT2D eigenvalue weighted by molar-refractivity contribution is 6.67. The molecule has 0 aromatic heterocycles. The van der Waals surface area contributed by atoms with E-state index in [9.17, 15) is 17.6 Å². The normalized spacial score (nSPS) is 10.5. The topological polar surface area (TPSA) is 9.23 Å². The molecule has 0 unspecified atom stereocenters. The summed E-state index contributed by atoms with van der Waals surface area (Å²) in [5, 5.41) is 0. The lowest BCUT2D eigenvalue weighted by molar-refractivity contribution is 0.385. The number of hydrogen-bond acceptors (Lipinski definition) is 1. The Kier molecular flexibility index (Phi) is 4.02.